The molecule has 1 N–H and O–H groups in total. The summed E-state index contributed by atoms with van der Waals surface area (Å²) >= 11 is 0. The molecule has 2 heterocycles. The van der Waals surface area contributed by atoms with Gasteiger partial charge in [0.05, 0.1) is 11.3 Å². The maximum absolute atomic E-state index is 15.5. The summed E-state index contributed by atoms with van der Waals surface area (Å²) in [4.78, 5) is 42.7. The Hall–Kier alpha value is -3.88. The molecule has 0 radical (unpaired) electrons. The Morgan fingerprint density at radius 2 is 1.53 bits per heavy atom. The molecule has 0 unspecified atom stereocenters. The highest BCUT2D eigenvalue weighted by Crippen LogP contribution is 2.58. The molecule has 1 aliphatic heterocycles. The van der Waals surface area contributed by atoms with Gasteiger partial charge in [-0.05, 0) is 68.0 Å². The minimum absolute atomic E-state index is 0.00286. The molecule has 38 heavy (non-hydrogen) atoms. The van der Waals surface area contributed by atoms with Crippen LogP contribution >= 0.6 is 0 Å². The summed E-state index contributed by atoms with van der Waals surface area (Å²) in [6.45, 7) is 8.56. The standard InChI is InChI=1S/C29H28F3N3O3/c1-16-11-12-20(13-17(16)2)34-21-14-27(4,5)15-22(36)24(21)28(26(34)38,29(30,31)32)23-18(3)33-35(25(23)37)19-9-7-6-8-10-19/h6-13,33H,14-15H2,1-5H3/t28-/m0/s1. The Morgan fingerprint density at radius 3 is 2.13 bits per heavy atom. The summed E-state index contributed by atoms with van der Waals surface area (Å²) in [5.41, 5.74) is -4.44. The summed E-state index contributed by atoms with van der Waals surface area (Å²) in [7, 11) is 0. The molecule has 0 spiro atoms. The molecule has 5 rings (SSSR count). The third kappa shape index (κ3) is 3.51. The van der Waals surface area contributed by atoms with E-state index in [1.54, 1.807) is 69.3 Å². The molecule has 1 atom stereocenters. The molecule has 6 nitrogen and oxygen atoms in total. The lowest BCUT2D eigenvalue weighted by molar-refractivity contribution is -0.184. The van der Waals surface area contributed by atoms with E-state index in [0.717, 1.165) is 20.7 Å². The lowest BCUT2D eigenvalue weighted by Crippen LogP contribution is -2.55. The first-order valence-corrected chi connectivity index (χ1v) is 12.3. The number of benzene rings is 2. The number of amides is 1. The highest BCUT2D eigenvalue weighted by atomic mass is 19.4. The van der Waals surface area contributed by atoms with Gasteiger partial charge < -0.3 is 0 Å². The van der Waals surface area contributed by atoms with Crippen LogP contribution in [0.1, 0.15) is 49.1 Å². The van der Waals surface area contributed by atoms with E-state index in [-0.39, 0.29) is 29.9 Å². The highest BCUT2D eigenvalue weighted by molar-refractivity contribution is 6.20. The fourth-order valence-electron chi connectivity index (χ4n) is 5.82. The van der Waals surface area contributed by atoms with Gasteiger partial charge in [-0.2, -0.15) is 13.2 Å². The summed E-state index contributed by atoms with van der Waals surface area (Å²) in [6.07, 6.45) is -5.37. The molecular weight excluding hydrogens is 495 g/mol. The van der Waals surface area contributed by atoms with E-state index in [1.807, 2.05) is 6.92 Å². The molecule has 3 aromatic rings. The van der Waals surface area contributed by atoms with Crippen LogP contribution in [0.5, 0.6) is 0 Å². The van der Waals surface area contributed by atoms with Gasteiger partial charge in [-0.1, -0.05) is 38.1 Å². The molecule has 9 heteroatoms. The number of H-pyrrole nitrogens is 1. The molecule has 1 aliphatic carbocycles. The van der Waals surface area contributed by atoms with Gasteiger partial charge in [-0.3, -0.25) is 24.4 Å². The number of halogens is 3. The number of para-hydroxylation sites is 1. The minimum atomic E-state index is -5.27. The Kier molecular flexibility index (Phi) is 5.63. The van der Waals surface area contributed by atoms with E-state index in [4.69, 9.17) is 0 Å². The molecule has 0 bridgehead atoms. The van der Waals surface area contributed by atoms with Crippen LogP contribution in [-0.2, 0) is 15.0 Å². The van der Waals surface area contributed by atoms with E-state index in [0.29, 0.717) is 5.69 Å². The van der Waals surface area contributed by atoms with Gasteiger partial charge in [0.25, 0.3) is 11.5 Å². The Labute approximate surface area is 217 Å². The van der Waals surface area contributed by atoms with Crippen molar-refractivity contribution in [3.05, 3.63) is 92.5 Å². The Morgan fingerprint density at radius 1 is 0.868 bits per heavy atom. The average Bonchev–Trinajstić information content (AvgIpc) is 3.25. The average molecular weight is 524 g/mol. The number of hydrogen-bond acceptors (Lipinski definition) is 3. The minimum Gasteiger partial charge on any atom is -0.295 e. The molecule has 198 valence electrons. The first-order valence-electron chi connectivity index (χ1n) is 12.3. The van der Waals surface area contributed by atoms with Crippen LogP contribution in [0.4, 0.5) is 18.9 Å². The normalized spacial score (nSPS) is 21.3. The SMILES string of the molecule is Cc1ccc(N2C(=O)[C@@](c3c(C)[nH]n(-c4ccccc4)c3=O)(C(F)(F)F)C3=C2CC(C)(C)CC3=O)cc1C. The van der Waals surface area contributed by atoms with Gasteiger partial charge in [0, 0.05) is 29.1 Å². The molecule has 0 saturated heterocycles. The zero-order valence-corrected chi connectivity index (χ0v) is 21.8. The van der Waals surface area contributed by atoms with E-state index < -0.39 is 45.4 Å². The van der Waals surface area contributed by atoms with Gasteiger partial charge in [0.2, 0.25) is 5.41 Å². The van der Waals surface area contributed by atoms with Crippen molar-refractivity contribution in [1.29, 1.82) is 0 Å². The number of carbonyl (C=O) groups excluding carboxylic acids is 2. The van der Waals surface area contributed by atoms with E-state index in [1.165, 1.54) is 6.92 Å². The third-order valence-corrected chi connectivity index (χ3v) is 7.66. The van der Waals surface area contributed by atoms with Crippen molar-refractivity contribution in [1.82, 2.24) is 9.78 Å². The summed E-state index contributed by atoms with van der Waals surface area (Å²) in [5.74, 6) is -2.14. The molecule has 2 aromatic carbocycles. The van der Waals surface area contributed by atoms with Crippen LogP contribution in [0.15, 0.2) is 64.6 Å². The number of allylic oxidation sites excluding steroid dienone is 1. The summed E-state index contributed by atoms with van der Waals surface area (Å²) < 4.78 is 47.5. The lowest BCUT2D eigenvalue weighted by atomic mass is 9.66. The Bertz CT molecular complexity index is 1580. The number of anilines is 1. The maximum atomic E-state index is 15.5. The predicted molar refractivity (Wildman–Crippen MR) is 137 cm³/mol. The monoisotopic (exact) mass is 523 g/mol. The number of nitrogens with one attached hydrogen (secondary N) is 1. The fraction of sp³-hybridized carbons (Fsp3) is 0.345. The quantitative estimate of drug-likeness (QED) is 0.487. The first kappa shape index (κ1) is 25.8. The van der Waals surface area contributed by atoms with Crippen molar-refractivity contribution in [3.63, 3.8) is 0 Å². The smallest absolute Gasteiger partial charge is 0.295 e. The van der Waals surface area contributed by atoms with Crippen LogP contribution < -0.4 is 10.5 Å². The number of aryl methyl sites for hydroxylation is 3. The number of hydrogen-bond donors (Lipinski definition) is 1. The van der Waals surface area contributed by atoms with Gasteiger partial charge in [-0.25, -0.2) is 4.68 Å². The number of nitrogens with zero attached hydrogens (tertiary/aromatic N) is 2. The molecule has 0 fully saturated rings. The highest BCUT2D eigenvalue weighted by Gasteiger charge is 2.73. The van der Waals surface area contributed by atoms with Crippen LogP contribution in [-0.4, -0.2) is 27.6 Å². The van der Waals surface area contributed by atoms with Gasteiger partial charge in [-0.15, -0.1) is 0 Å². The van der Waals surface area contributed by atoms with Gasteiger partial charge in [0.15, 0.2) is 5.78 Å². The van der Waals surface area contributed by atoms with E-state index in [2.05, 4.69) is 5.10 Å². The van der Waals surface area contributed by atoms with Crippen LogP contribution in [0, 0.1) is 26.2 Å². The van der Waals surface area contributed by atoms with Crippen molar-refractivity contribution in [2.45, 2.75) is 59.1 Å². The largest absolute Gasteiger partial charge is 0.411 e. The van der Waals surface area contributed by atoms with Crippen LogP contribution in [0.3, 0.4) is 0 Å². The third-order valence-electron chi connectivity index (χ3n) is 7.66. The molecule has 2 aliphatic rings. The zero-order valence-electron chi connectivity index (χ0n) is 21.8. The molecule has 0 saturated carbocycles. The van der Waals surface area contributed by atoms with Crippen molar-refractivity contribution in [2.24, 2.45) is 5.41 Å². The van der Waals surface area contributed by atoms with Crippen LogP contribution in [0.25, 0.3) is 5.69 Å². The second-order valence-corrected chi connectivity index (χ2v) is 11.0. The number of aromatic amines is 1. The van der Waals surface area contributed by atoms with Crippen molar-refractivity contribution >= 4 is 17.4 Å². The number of carbonyl (C=O) groups is 2. The summed E-state index contributed by atoms with van der Waals surface area (Å²) in [5, 5.41) is 2.72. The number of ketones is 1. The summed E-state index contributed by atoms with van der Waals surface area (Å²) in [6, 6.07) is 13.1. The first-order chi connectivity index (χ1) is 17.7. The Balaban J connectivity index is 1.88. The van der Waals surface area contributed by atoms with E-state index in [9.17, 15) is 14.4 Å². The molecule has 1 amide bonds. The molecular formula is C29H28F3N3O3. The van der Waals surface area contributed by atoms with E-state index >= 15 is 13.2 Å². The number of aromatic nitrogens is 2. The molecule has 1 aromatic heterocycles. The van der Waals surface area contributed by atoms with Crippen LogP contribution in [0.2, 0.25) is 0 Å². The lowest BCUT2D eigenvalue weighted by Gasteiger charge is -2.35. The maximum Gasteiger partial charge on any atom is 0.411 e. The topological polar surface area (TPSA) is 75.2 Å². The van der Waals surface area contributed by atoms with Crippen molar-refractivity contribution in [3.8, 4) is 5.69 Å². The predicted octanol–water partition coefficient (Wildman–Crippen LogP) is 5.58. The second kappa shape index (κ2) is 8.31. The number of Topliss-reactive ketones (excluding diaryl/α,β-unsaturated/α-hetero) is 1. The van der Waals surface area contributed by atoms with Gasteiger partial charge in [0.1, 0.15) is 0 Å². The van der Waals surface area contributed by atoms with Crippen molar-refractivity contribution in [2.75, 3.05) is 4.90 Å². The fourth-order valence-corrected chi connectivity index (χ4v) is 5.82. The second-order valence-electron chi connectivity index (χ2n) is 11.0. The zero-order chi connectivity index (χ0) is 27.8. The number of alkyl halides is 3. The van der Waals surface area contributed by atoms with Crippen molar-refractivity contribution < 1.29 is 22.8 Å². The van der Waals surface area contributed by atoms with Gasteiger partial charge >= 0.3 is 6.18 Å². The number of rotatable bonds is 3.